The lowest BCUT2D eigenvalue weighted by Gasteiger charge is -2.26. The zero-order chi connectivity index (χ0) is 18.2. The summed E-state index contributed by atoms with van der Waals surface area (Å²) in [4.78, 5) is 2.43. The van der Waals surface area contributed by atoms with Crippen molar-refractivity contribution in [2.75, 3.05) is 39.4 Å². The van der Waals surface area contributed by atoms with E-state index in [1.165, 1.54) is 0 Å². The van der Waals surface area contributed by atoms with Crippen LogP contribution in [0.5, 0.6) is 5.75 Å². The number of ether oxygens (including phenoxy) is 2. The Labute approximate surface area is 192 Å². The van der Waals surface area contributed by atoms with Crippen molar-refractivity contribution in [2.24, 2.45) is 0 Å². The van der Waals surface area contributed by atoms with Crippen molar-refractivity contribution in [3.05, 3.63) is 63.1 Å². The summed E-state index contributed by atoms with van der Waals surface area (Å²) < 4.78 is 12.5. The second kappa shape index (κ2) is 13.6. The van der Waals surface area contributed by atoms with Crippen molar-refractivity contribution in [3.8, 4) is 5.75 Å². The number of halogens is 4. The minimum Gasteiger partial charge on any atom is -0.489 e. The fourth-order valence-electron chi connectivity index (χ4n) is 2.85. The molecule has 1 aliphatic rings. The number of benzene rings is 2. The van der Waals surface area contributed by atoms with Crippen LogP contribution in [0.3, 0.4) is 0 Å². The number of hydrogen-bond donors (Lipinski definition) is 1. The smallest absolute Gasteiger partial charge is 0.124 e. The van der Waals surface area contributed by atoms with Gasteiger partial charge >= 0.3 is 0 Å². The Balaban J connectivity index is 0.00000196. The number of nitrogens with zero attached hydrogens (tertiary/aromatic N) is 1. The molecule has 2 aromatic carbocycles. The van der Waals surface area contributed by atoms with Gasteiger partial charge in [-0.1, -0.05) is 39.7 Å². The average molecular weight is 513 g/mol. The number of nitrogens with one attached hydrogen (secondary N) is 1. The average Bonchev–Trinajstić information content (AvgIpc) is 2.67. The van der Waals surface area contributed by atoms with Gasteiger partial charge in [-0.05, 0) is 35.9 Å². The topological polar surface area (TPSA) is 33.7 Å². The van der Waals surface area contributed by atoms with Gasteiger partial charge in [-0.2, -0.15) is 0 Å². The molecule has 0 unspecified atom stereocenters. The fraction of sp³-hybridized carbons (Fsp3) is 0.400. The third-order valence-corrected chi connectivity index (χ3v) is 5.10. The summed E-state index contributed by atoms with van der Waals surface area (Å²) in [5.74, 6) is 0.905. The van der Waals surface area contributed by atoms with Gasteiger partial charge in [0, 0.05) is 47.8 Å². The molecule has 1 aliphatic heterocycles. The zero-order valence-electron chi connectivity index (χ0n) is 15.5. The highest BCUT2D eigenvalue weighted by molar-refractivity contribution is 9.10. The molecule has 156 valence electrons. The van der Waals surface area contributed by atoms with E-state index < -0.39 is 0 Å². The molecular formula is C20H26BrCl3N2O2. The van der Waals surface area contributed by atoms with Gasteiger partial charge in [0.1, 0.15) is 12.4 Å². The molecule has 28 heavy (non-hydrogen) atoms. The van der Waals surface area contributed by atoms with Crippen LogP contribution in [0.25, 0.3) is 0 Å². The van der Waals surface area contributed by atoms with E-state index in [0.29, 0.717) is 6.61 Å². The third-order valence-electron chi connectivity index (χ3n) is 4.35. The summed E-state index contributed by atoms with van der Waals surface area (Å²) in [5.41, 5.74) is 2.25. The first-order valence-electron chi connectivity index (χ1n) is 8.87. The highest BCUT2D eigenvalue weighted by Crippen LogP contribution is 2.24. The predicted octanol–water partition coefficient (Wildman–Crippen LogP) is 4.95. The molecule has 0 amide bonds. The Morgan fingerprint density at radius 2 is 1.79 bits per heavy atom. The van der Waals surface area contributed by atoms with Crippen LogP contribution < -0.4 is 10.1 Å². The van der Waals surface area contributed by atoms with Crippen molar-refractivity contribution in [3.63, 3.8) is 0 Å². The summed E-state index contributed by atoms with van der Waals surface area (Å²) >= 11 is 9.49. The molecule has 2 aromatic rings. The lowest BCUT2D eigenvalue weighted by atomic mass is 10.2. The molecule has 1 saturated heterocycles. The van der Waals surface area contributed by atoms with E-state index in [-0.39, 0.29) is 24.8 Å². The molecule has 0 radical (unpaired) electrons. The first-order chi connectivity index (χ1) is 12.7. The number of hydrogen-bond acceptors (Lipinski definition) is 4. The van der Waals surface area contributed by atoms with Crippen LogP contribution in [0.4, 0.5) is 0 Å². The lowest BCUT2D eigenvalue weighted by Crippen LogP contribution is -2.40. The largest absolute Gasteiger partial charge is 0.489 e. The summed E-state index contributed by atoms with van der Waals surface area (Å²) in [7, 11) is 0. The van der Waals surface area contributed by atoms with Crippen LogP contribution in [-0.4, -0.2) is 44.3 Å². The maximum atomic E-state index is 6.03. The molecule has 1 N–H and O–H groups in total. The second-order valence-electron chi connectivity index (χ2n) is 6.30. The van der Waals surface area contributed by atoms with Gasteiger partial charge in [-0.25, -0.2) is 0 Å². The van der Waals surface area contributed by atoms with E-state index in [1.807, 2.05) is 36.4 Å². The van der Waals surface area contributed by atoms with Crippen molar-refractivity contribution < 1.29 is 9.47 Å². The Hall–Kier alpha value is -0.530. The van der Waals surface area contributed by atoms with E-state index >= 15 is 0 Å². The normalized spacial score (nSPS) is 14.1. The summed E-state index contributed by atoms with van der Waals surface area (Å²) in [5, 5.41) is 4.26. The molecule has 4 nitrogen and oxygen atoms in total. The first-order valence-corrected chi connectivity index (χ1v) is 10.0. The molecule has 0 aliphatic carbocycles. The monoisotopic (exact) mass is 510 g/mol. The fourth-order valence-corrected chi connectivity index (χ4v) is 3.39. The van der Waals surface area contributed by atoms with Crippen molar-refractivity contribution >= 4 is 52.3 Å². The standard InChI is InChI=1S/C20H24BrClN2O2.2ClH/c21-18-3-6-20(26-15-16-1-4-19(22)5-2-16)17(13-18)14-23-7-8-24-9-11-25-12-10-24;;/h1-6,13,23H,7-12,14-15H2;2*1H. The van der Waals surface area contributed by atoms with Gasteiger partial charge in [-0.15, -0.1) is 24.8 Å². The SMILES string of the molecule is Cl.Cl.Clc1ccc(COc2ccc(Br)cc2CNCCN2CCOCC2)cc1. The molecule has 0 atom stereocenters. The van der Waals surface area contributed by atoms with E-state index in [0.717, 1.165) is 72.3 Å². The molecule has 0 aromatic heterocycles. The van der Waals surface area contributed by atoms with Gasteiger partial charge in [0.05, 0.1) is 13.2 Å². The van der Waals surface area contributed by atoms with E-state index in [4.69, 9.17) is 21.1 Å². The van der Waals surface area contributed by atoms with Crippen LogP contribution in [0.15, 0.2) is 46.9 Å². The van der Waals surface area contributed by atoms with Crippen LogP contribution >= 0.6 is 52.3 Å². The van der Waals surface area contributed by atoms with Crippen molar-refractivity contribution in [2.45, 2.75) is 13.2 Å². The van der Waals surface area contributed by atoms with Gasteiger partial charge in [-0.3, -0.25) is 4.90 Å². The van der Waals surface area contributed by atoms with Crippen LogP contribution in [-0.2, 0) is 17.9 Å². The van der Waals surface area contributed by atoms with E-state index in [2.05, 4.69) is 32.2 Å². The summed E-state index contributed by atoms with van der Waals surface area (Å²) in [6, 6.07) is 13.9. The number of morpholine rings is 1. The molecule has 0 saturated carbocycles. The summed E-state index contributed by atoms with van der Waals surface area (Å²) in [6.45, 7) is 7.02. The molecule has 0 bridgehead atoms. The minimum atomic E-state index is 0. The Kier molecular flexibility index (Phi) is 12.4. The van der Waals surface area contributed by atoms with Crippen molar-refractivity contribution in [1.29, 1.82) is 0 Å². The summed E-state index contributed by atoms with van der Waals surface area (Å²) in [6.07, 6.45) is 0. The first kappa shape index (κ1) is 25.5. The van der Waals surface area contributed by atoms with Crippen LogP contribution in [0, 0.1) is 0 Å². The number of rotatable bonds is 8. The van der Waals surface area contributed by atoms with Gasteiger partial charge in [0.15, 0.2) is 0 Å². The maximum absolute atomic E-state index is 6.03. The molecule has 1 fully saturated rings. The highest BCUT2D eigenvalue weighted by atomic mass is 79.9. The molecular weight excluding hydrogens is 486 g/mol. The maximum Gasteiger partial charge on any atom is 0.124 e. The van der Waals surface area contributed by atoms with E-state index in [9.17, 15) is 0 Å². The van der Waals surface area contributed by atoms with Crippen LogP contribution in [0.2, 0.25) is 5.02 Å². The Bertz CT molecular complexity index is 698. The molecule has 0 spiro atoms. The molecule has 3 rings (SSSR count). The lowest BCUT2D eigenvalue weighted by molar-refractivity contribution is 0.0384. The third kappa shape index (κ3) is 8.46. The second-order valence-corrected chi connectivity index (χ2v) is 7.65. The Morgan fingerprint density at radius 1 is 1.07 bits per heavy atom. The Morgan fingerprint density at radius 3 is 2.50 bits per heavy atom. The predicted molar refractivity (Wildman–Crippen MR) is 123 cm³/mol. The molecule has 1 heterocycles. The van der Waals surface area contributed by atoms with Gasteiger partial charge in [0.2, 0.25) is 0 Å². The molecule has 8 heteroatoms. The quantitative estimate of drug-likeness (QED) is 0.508. The van der Waals surface area contributed by atoms with Gasteiger partial charge in [0.25, 0.3) is 0 Å². The zero-order valence-corrected chi connectivity index (χ0v) is 19.5. The highest BCUT2D eigenvalue weighted by Gasteiger charge is 2.10. The van der Waals surface area contributed by atoms with Gasteiger partial charge < -0.3 is 14.8 Å². The van der Waals surface area contributed by atoms with Crippen LogP contribution in [0.1, 0.15) is 11.1 Å². The van der Waals surface area contributed by atoms with Crippen molar-refractivity contribution in [1.82, 2.24) is 10.2 Å². The van der Waals surface area contributed by atoms with E-state index in [1.54, 1.807) is 0 Å². The minimum absolute atomic E-state index is 0.